The summed E-state index contributed by atoms with van der Waals surface area (Å²) in [5.74, 6) is -3.06. The number of ether oxygens (including phenoxy) is 1. The second-order valence-electron chi connectivity index (χ2n) is 4.85. The van der Waals surface area contributed by atoms with Crippen LogP contribution in [0.5, 0.6) is 5.75 Å². The number of nitrogens with one attached hydrogen (secondary N) is 1. The summed E-state index contributed by atoms with van der Waals surface area (Å²) >= 11 is 2.87. The molecule has 0 saturated carbocycles. The van der Waals surface area contributed by atoms with Crippen molar-refractivity contribution in [2.75, 3.05) is 11.8 Å². The minimum atomic E-state index is -4.04. The highest BCUT2D eigenvalue weighted by molar-refractivity contribution is 9.10. The fraction of sp³-hybridized carbons (Fsp3) is 0.133. The topological polar surface area (TPSA) is 92.7 Å². The number of esters is 1. The number of halogens is 2. The van der Waals surface area contributed by atoms with Gasteiger partial charge in [-0.05, 0) is 41.1 Å². The number of methoxy groups -OCH3 is 1. The van der Waals surface area contributed by atoms with E-state index < -0.39 is 33.1 Å². The van der Waals surface area contributed by atoms with Gasteiger partial charge < -0.3 is 9.84 Å². The number of aryl methyl sites for hydroxylation is 1. The average molecular weight is 418 g/mol. The highest BCUT2D eigenvalue weighted by Gasteiger charge is 2.26. The first-order valence-electron chi connectivity index (χ1n) is 6.56. The number of phenols is 1. The largest absolute Gasteiger partial charge is 0.505 e. The molecule has 0 saturated heterocycles. The molecule has 2 N–H and O–H groups in total. The second kappa shape index (κ2) is 6.78. The Bertz CT molecular complexity index is 897. The third-order valence-electron chi connectivity index (χ3n) is 3.16. The second-order valence-corrected chi connectivity index (χ2v) is 7.39. The van der Waals surface area contributed by atoms with E-state index in [4.69, 9.17) is 0 Å². The Morgan fingerprint density at radius 2 is 1.88 bits per heavy atom. The van der Waals surface area contributed by atoms with Gasteiger partial charge in [0.05, 0.1) is 22.2 Å². The van der Waals surface area contributed by atoms with Crippen LogP contribution in [0.1, 0.15) is 15.9 Å². The first-order valence-corrected chi connectivity index (χ1v) is 8.83. The number of carbonyl (C=O) groups excluding carboxylic acids is 1. The Balaban J connectivity index is 2.52. The highest BCUT2D eigenvalue weighted by atomic mass is 79.9. The van der Waals surface area contributed by atoms with Gasteiger partial charge in [0, 0.05) is 0 Å². The first-order chi connectivity index (χ1) is 11.2. The Morgan fingerprint density at radius 1 is 1.29 bits per heavy atom. The SMILES string of the molecule is COC(=O)c1c(O)c(NS(=O)(=O)c2ccc(C)cc2)cc(Br)c1F. The predicted octanol–water partition coefficient (Wildman–Crippen LogP) is 3.19. The molecule has 0 heterocycles. The zero-order chi connectivity index (χ0) is 18.1. The number of carbonyl (C=O) groups is 1. The van der Waals surface area contributed by atoms with Crippen LogP contribution in [0.15, 0.2) is 39.7 Å². The summed E-state index contributed by atoms with van der Waals surface area (Å²) in [6.45, 7) is 1.80. The molecule has 0 unspecified atom stereocenters. The number of hydrogen-bond acceptors (Lipinski definition) is 5. The van der Waals surface area contributed by atoms with Crippen LogP contribution in [0.4, 0.5) is 10.1 Å². The first kappa shape index (κ1) is 18.2. The van der Waals surface area contributed by atoms with Gasteiger partial charge in [0.2, 0.25) is 0 Å². The molecule has 24 heavy (non-hydrogen) atoms. The van der Waals surface area contributed by atoms with E-state index in [0.29, 0.717) is 0 Å². The van der Waals surface area contributed by atoms with Gasteiger partial charge in [-0.2, -0.15) is 0 Å². The quantitative estimate of drug-likeness (QED) is 0.588. The van der Waals surface area contributed by atoms with E-state index in [1.807, 2.05) is 0 Å². The van der Waals surface area contributed by atoms with E-state index in [-0.39, 0.29) is 15.1 Å². The molecule has 6 nitrogen and oxygen atoms in total. The molecule has 0 bridgehead atoms. The van der Waals surface area contributed by atoms with E-state index in [0.717, 1.165) is 18.7 Å². The molecular weight excluding hydrogens is 405 g/mol. The molecule has 0 aromatic heterocycles. The van der Waals surface area contributed by atoms with E-state index >= 15 is 0 Å². The molecule has 0 atom stereocenters. The molecule has 0 amide bonds. The lowest BCUT2D eigenvalue weighted by atomic mass is 10.1. The summed E-state index contributed by atoms with van der Waals surface area (Å²) in [7, 11) is -3.02. The molecule has 128 valence electrons. The van der Waals surface area contributed by atoms with Crippen LogP contribution in [0.25, 0.3) is 0 Å². The minimum Gasteiger partial charge on any atom is -0.505 e. The molecule has 0 spiro atoms. The van der Waals surface area contributed by atoms with Gasteiger partial charge >= 0.3 is 5.97 Å². The molecule has 0 aliphatic carbocycles. The van der Waals surface area contributed by atoms with Crippen LogP contribution in [-0.4, -0.2) is 26.6 Å². The van der Waals surface area contributed by atoms with Gasteiger partial charge in [-0.25, -0.2) is 17.6 Å². The lowest BCUT2D eigenvalue weighted by molar-refractivity contribution is 0.0592. The summed E-state index contributed by atoms with van der Waals surface area (Å²) in [5.41, 5.74) is -0.257. The van der Waals surface area contributed by atoms with Crippen molar-refractivity contribution < 1.29 is 27.4 Å². The van der Waals surface area contributed by atoms with Gasteiger partial charge in [-0.3, -0.25) is 4.72 Å². The number of rotatable bonds is 4. The lowest BCUT2D eigenvalue weighted by Gasteiger charge is -2.13. The van der Waals surface area contributed by atoms with Gasteiger partial charge in [-0.15, -0.1) is 0 Å². The Morgan fingerprint density at radius 3 is 2.42 bits per heavy atom. The van der Waals surface area contributed by atoms with Crippen molar-refractivity contribution in [3.63, 3.8) is 0 Å². The van der Waals surface area contributed by atoms with Crippen LogP contribution < -0.4 is 4.72 Å². The van der Waals surface area contributed by atoms with Gasteiger partial charge in [0.15, 0.2) is 11.6 Å². The van der Waals surface area contributed by atoms with Crippen molar-refractivity contribution >= 4 is 37.6 Å². The van der Waals surface area contributed by atoms with Gasteiger partial charge in [0.25, 0.3) is 10.0 Å². The molecule has 0 aliphatic rings. The molecular formula is C15H13BrFNO5S. The van der Waals surface area contributed by atoms with Crippen molar-refractivity contribution in [3.05, 3.63) is 51.7 Å². The zero-order valence-corrected chi connectivity index (χ0v) is 15.0. The molecule has 0 radical (unpaired) electrons. The maximum absolute atomic E-state index is 14.0. The molecule has 2 aromatic rings. The van der Waals surface area contributed by atoms with E-state index in [1.54, 1.807) is 19.1 Å². The molecule has 2 rings (SSSR count). The highest BCUT2D eigenvalue weighted by Crippen LogP contribution is 2.36. The Hall–Kier alpha value is -2.13. The average Bonchev–Trinajstić information content (AvgIpc) is 2.52. The number of phenolic OH excluding ortho intramolecular Hbond substituents is 1. The van der Waals surface area contributed by atoms with Crippen LogP contribution in [0.3, 0.4) is 0 Å². The molecule has 2 aromatic carbocycles. The third-order valence-corrected chi connectivity index (χ3v) is 5.12. The molecule has 0 aliphatic heterocycles. The summed E-state index contributed by atoms with van der Waals surface area (Å²) in [6, 6.07) is 7.00. The number of sulfonamides is 1. The van der Waals surface area contributed by atoms with Crippen molar-refractivity contribution in [3.8, 4) is 5.75 Å². The normalized spacial score (nSPS) is 11.2. The number of anilines is 1. The van der Waals surface area contributed by atoms with Crippen molar-refractivity contribution in [1.29, 1.82) is 0 Å². The summed E-state index contributed by atoms with van der Waals surface area (Å²) < 4.78 is 45.0. The van der Waals surface area contributed by atoms with E-state index in [9.17, 15) is 22.7 Å². The number of hydrogen-bond donors (Lipinski definition) is 2. The summed E-state index contributed by atoms with van der Waals surface area (Å²) in [4.78, 5) is 11.6. The predicted molar refractivity (Wildman–Crippen MR) is 89.1 cm³/mol. The van der Waals surface area contributed by atoms with Crippen LogP contribution in [0.2, 0.25) is 0 Å². The van der Waals surface area contributed by atoms with Gasteiger partial charge in [0.1, 0.15) is 5.56 Å². The fourth-order valence-corrected chi connectivity index (χ4v) is 3.39. The summed E-state index contributed by atoms with van der Waals surface area (Å²) in [6.07, 6.45) is 0. The third kappa shape index (κ3) is 3.51. The molecule has 0 fully saturated rings. The standard InChI is InChI=1S/C15H13BrFNO5S/c1-8-3-5-9(6-4-8)24(21,22)18-11-7-10(16)13(17)12(14(11)19)15(20)23-2/h3-7,18-19H,1-2H3. The van der Waals surface area contributed by atoms with Crippen molar-refractivity contribution in [2.45, 2.75) is 11.8 Å². The summed E-state index contributed by atoms with van der Waals surface area (Å²) in [5, 5.41) is 10.1. The van der Waals surface area contributed by atoms with Crippen molar-refractivity contribution in [1.82, 2.24) is 0 Å². The maximum Gasteiger partial charge on any atom is 0.344 e. The Labute approximate surface area is 146 Å². The fourth-order valence-electron chi connectivity index (χ4n) is 1.90. The van der Waals surface area contributed by atoms with Crippen LogP contribution >= 0.6 is 15.9 Å². The zero-order valence-electron chi connectivity index (χ0n) is 12.6. The van der Waals surface area contributed by atoms with E-state index in [1.165, 1.54) is 12.1 Å². The monoisotopic (exact) mass is 417 g/mol. The van der Waals surface area contributed by atoms with Crippen LogP contribution in [-0.2, 0) is 14.8 Å². The number of aromatic hydroxyl groups is 1. The lowest BCUT2D eigenvalue weighted by Crippen LogP contribution is -2.15. The Kier molecular flexibility index (Phi) is 5.14. The minimum absolute atomic E-state index is 0.0486. The van der Waals surface area contributed by atoms with Crippen molar-refractivity contribution in [2.24, 2.45) is 0 Å². The smallest absolute Gasteiger partial charge is 0.344 e. The molecule has 9 heteroatoms. The number of benzene rings is 2. The van der Waals surface area contributed by atoms with Gasteiger partial charge in [-0.1, -0.05) is 17.7 Å². The van der Waals surface area contributed by atoms with Crippen LogP contribution in [0, 0.1) is 12.7 Å². The van der Waals surface area contributed by atoms with E-state index in [2.05, 4.69) is 25.4 Å². The maximum atomic E-state index is 14.0.